The lowest BCUT2D eigenvalue weighted by atomic mass is 10.2. The van der Waals surface area contributed by atoms with Crippen LogP contribution >= 0.6 is 23.5 Å². The Morgan fingerprint density at radius 2 is 1.80 bits per heavy atom. The van der Waals surface area contributed by atoms with Crippen LogP contribution in [-0.2, 0) is 14.4 Å². The molecule has 1 atom stereocenters. The third kappa shape index (κ3) is 9.81. The van der Waals surface area contributed by atoms with Crippen LogP contribution in [0.15, 0.2) is 0 Å². The van der Waals surface area contributed by atoms with Gasteiger partial charge in [0.1, 0.15) is 0 Å². The summed E-state index contributed by atoms with van der Waals surface area (Å²) in [6.45, 7) is 2.88. The molecule has 0 spiro atoms. The van der Waals surface area contributed by atoms with Crippen molar-refractivity contribution in [2.75, 3.05) is 5.75 Å². The van der Waals surface area contributed by atoms with E-state index in [2.05, 4.69) is 0 Å². The van der Waals surface area contributed by atoms with E-state index >= 15 is 0 Å². The van der Waals surface area contributed by atoms with Crippen LogP contribution in [0, 0.1) is 0 Å². The second-order valence-electron chi connectivity index (χ2n) is 2.96. The summed E-state index contributed by atoms with van der Waals surface area (Å²) < 4.78 is 0. The van der Waals surface area contributed by atoms with Crippen molar-refractivity contribution in [1.29, 1.82) is 0 Å². The number of rotatable bonds is 6. The molecule has 4 nitrogen and oxygen atoms in total. The Hall–Kier alpha value is -0.490. The summed E-state index contributed by atoms with van der Waals surface area (Å²) in [5.41, 5.74) is 0. The van der Waals surface area contributed by atoms with Gasteiger partial charge in [-0.25, -0.2) is 0 Å². The third-order valence-corrected chi connectivity index (χ3v) is 3.39. The predicted molar refractivity (Wildman–Crippen MR) is 62.1 cm³/mol. The molecule has 0 aliphatic rings. The molecule has 15 heavy (non-hydrogen) atoms. The Morgan fingerprint density at radius 3 is 2.20 bits per heavy atom. The molecule has 0 amide bonds. The van der Waals surface area contributed by atoms with Gasteiger partial charge in [0, 0.05) is 24.9 Å². The van der Waals surface area contributed by atoms with Gasteiger partial charge in [-0.15, -0.1) is 0 Å². The molecule has 0 aliphatic heterocycles. The van der Waals surface area contributed by atoms with Crippen LogP contribution in [0.5, 0.6) is 0 Å². The van der Waals surface area contributed by atoms with E-state index in [0.717, 1.165) is 23.5 Å². The van der Waals surface area contributed by atoms with Gasteiger partial charge in [-0.2, -0.15) is 0 Å². The zero-order chi connectivity index (χ0) is 11.8. The fraction of sp³-hybridized carbons (Fsp3) is 0.667. The second-order valence-corrected chi connectivity index (χ2v) is 5.71. The molecular weight excluding hydrogens is 236 g/mol. The monoisotopic (exact) mass is 250 g/mol. The number of carboxylic acid groups (broad SMARTS) is 1. The van der Waals surface area contributed by atoms with Crippen LogP contribution in [0.4, 0.5) is 0 Å². The minimum absolute atomic E-state index is 0.0110. The Morgan fingerprint density at radius 1 is 1.20 bits per heavy atom. The van der Waals surface area contributed by atoms with E-state index in [9.17, 15) is 14.4 Å². The molecule has 0 aromatic heterocycles. The maximum atomic E-state index is 10.8. The molecule has 0 bridgehead atoms. The molecule has 0 saturated heterocycles. The summed E-state index contributed by atoms with van der Waals surface area (Å²) in [5, 5.41) is 8.30. The van der Waals surface area contributed by atoms with Gasteiger partial charge in [0.15, 0.2) is 10.2 Å². The fourth-order valence-electron chi connectivity index (χ4n) is 0.966. The van der Waals surface area contributed by atoms with E-state index in [4.69, 9.17) is 5.11 Å². The summed E-state index contributed by atoms with van der Waals surface area (Å²) in [6, 6.07) is 0. The lowest BCUT2D eigenvalue weighted by Gasteiger charge is -2.11. The van der Waals surface area contributed by atoms with Crippen LogP contribution in [-0.4, -0.2) is 32.3 Å². The van der Waals surface area contributed by atoms with Crippen molar-refractivity contribution in [2.24, 2.45) is 0 Å². The molecule has 0 fully saturated rings. The van der Waals surface area contributed by atoms with Gasteiger partial charge in [0.2, 0.25) is 0 Å². The van der Waals surface area contributed by atoms with Gasteiger partial charge >= 0.3 is 5.97 Å². The van der Waals surface area contributed by atoms with Crippen LogP contribution in [0.1, 0.15) is 26.7 Å². The molecule has 0 radical (unpaired) electrons. The first-order chi connectivity index (χ1) is 6.91. The largest absolute Gasteiger partial charge is 0.481 e. The number of carbonyl (C=O) groups is 3. The molecule has 6 heteroatoms. The number of thioether (sulfide) groups is 2. The van der Waals surface area contributed by atoms with Gasteiger partial charge in [0.25, 0.3) is 0 Å². The van der Waals surface area contributed by atoms with Gasteiger partial charge in [-0.3, -0.25) is 14.4 Å². The maximum absolute atomic E-state index is 10.8. The Labute approximate surface area is 97.2 Å². The molecule has 0 heterocycles. The summed E-state index contributed by atoms with van der Waals surface area (Å²) in [5.74, 6) is -0.352. The maximum Gasteiger partial charge on any atom is 0.304 e. The van der Waals surface area contributed by atoms with Gasteiger partial charge in [-0.05, 0) is 6.42 Å². The van der Waals surface area contributed by atoms with E-state index in [1.807, 2.05) is 0 Å². The molecule has 0 saturated carbocycles. The number of carbonyl (C=O) groups excluding carboxylic acids is 2. The summed E-state index contributed by atoms with van der Waals surface area (Å²) >= 11 is 2.19. The summed E-state index contributed by atoms with van der Waals surface area (Å²) in [7, 11) is 0. The van der Waals surface area contributed by atoms with Gasteiger partial charge < -0.3 is 5.11 Å². The lowest BCUT2D eigenvalue weighted by molar-refractivity contribution is -0.137. The van der Waals surface area contributed by atoms with E-state index in [1.54, 1.807) is 0 Å². The first-order valence-corrected chi connectivity index (χ1v) is 6.30. The van der Waals surface area contributed by atoms with Crippen LogP contribution in [0.3, 0.4) is 0 Å². The zero-order valence-electron chi connectivity index (χ0n) is 8.69. The van der Waals surface area contributed by atoms with Crippen molar-refractivity contribution < 1.29 is 19.5 Å². The molecular formula is C9H14O4S2. The number of hydrogen-bond acceptors (Lipinski definition) is 5. The van der Waals surface area contributed by atoms with E-state index in [1.165, 1.54) is 13.8 Å². The highest BCUT2D eigenvalue weighted by molar-refractivity contribution is 8.14. The second kappa shape index (κ2) is 7.76. The normalized spacial score (nSPS) is 12.1. The van der Waals surface area contributed by atoms with Crippen molar-refractivity contribution in [3.05, 3.63) is 0 Å². The third-order valence-electron chi connectivity index (χ3n) is 1.48. The highest BCUT2D eigenvalue weighted by atomic mass is 32.2. The highest BCUT2D eigenvalue weighted by Gasteiger charge is 2.16. The topological polar surface area (TPSA) is 71.4 Å². The molecule has 1 unspecified atom stereocenters. The Bertz CT molecular complexity index is 236. The molecule has 0 rings (SSSR count). The van der Waals surface area contributed by atoms with Gasteiger partial charge in [0.05, 0.1) is 6.42 Å². The summed E-state index contributed by atoms with van der Waals surface area (Å²) in [6.07, 6.45) is 0.517. The van der Waals surface area contributed by atoms with Crippen molar-refractivity contribution in [3.63, 3.8) is 0 Å². The van der Waals surface area contributed by atoms with E-state index in [-0.39, 0.29) is 21.9 Å². The number of carboxylic acids is 1. The molecule has 0 aliphatic carbocycles. The van der Waals surface area contributed by atoms with Crippen LogP contribution in [0.2, 0.25) is 0 Å². The first-order valence-electron chi connectivity index (χ1n) is 4.44. The van der Waals surface area contributed by atoms with Crippen molar-refractivity contribution in [2.45, 2.75) is 31.9 Å². The molecule has 86 valence electrons. The van der Waals surface area contributed by atoms with E-state index < -0.39 is 5.97 Å². The quantitative estimate of drug-likeness (QED) is 0.774. The fourth-order valence-corrected chi connectivity index (χ4v) is 2.74. The SMILES string of the molecule is CC(=O)SCCC(CC(=O)O)SC(C)=O. The van der Waals surface area contributed by atoms with Gasteiger partial charge in [-0.1, -0.05) is 23.5 Å². The minimum atomic E-state index is -0.915. The lowest BCUT2D eigenvalue weighted by Crippen LogP contribution is -2.13. The first kappa shape index (κ1) is 14.5. The minimum Gasteiger partial charge on any atom is -0.481 e. The molecule has 0 aromatic carbocycles. The molecule has 1 N–H and O–H groups in total. The number of hydrogen-bond donors (Lipinski definition) is 1. The average molecular weight is 250 g/mol. The standard InChI is InChI=1S/C9H14O4S2/c1-6(10)14-4-3-8(5-9(12)13)15-7(2)11/h8H,3-5H2,1-2H3,(H,12,13). The van der Waals surface area contributed by atoms with Crippen molar-refractivity contribution in [1.82, 2.24) is 0 Å². The Balaban J connectivity index is 3.94. The average Bonchev–Trinajstić information content (AvgIpc) is 2.00. The van der Waals surface area contributed by atoms with Crippen molar-refractivity contribution >= 4 is 39.7 Å². The van der Waals surface area contributed by atoms with Crippen molar-refractivity contribution in [3.8, 4) is 0 Å². The predicted octanol–water partition coefficient (Wildman–Crippen LogP) is 1.78. The smallest absolute Gasteiger partial charge is 0.304 e. The molecule has 0 aromatic rings. The van der Waals surface area contributed by atoms with E-state index in [0.29, 0.717) is 12.2 Å². The van der Waals surface area contributed by atoms with Crippen LogP contribution in [0.25, 0.3) is 0 Å². The zero-order valence-corrected chi connectivity index (χ0v) is 10.3. The highest BCUT2D eigenvalue weighted by Crippen LogP contribution is 2.21. The summed E-state index contributed by atoms with van der Waals surface area (Å²) in [4.78, 5) is 32.0. The Kier molecular flexibility index (Phi) is 7.50. The van der Waals surface area contributed by atoms with Crippen LogP contribution < -0.4 is 0 Å². The number of aliphatic carboxylic acids is 1.